The van der Waals surface area contributed by atoms with Crippen LogP contribution in [0.25, 0.3) is 0 Å². The summed E-state index contributed by atoms with van der Waals surface area (Å²) >= 11 is 0. The second-order valence-corrected chi connectivity index (χ2v) is 11.0. The van der Waals surface area contributed by atoms with Crippen molar-refractivity contribution in [1.29, 1.82) is 0 Å². The van der Waals surface area contributed by atoms with Gasteiger partial charge in [0.15, 0.2) is 0 Å². The molecule has 0 amide bonds. The molecular weight excluding hydrogens is 364 g/mol. The molecule has 3 saturated carbocycles. The molecule has 0 spiro atoms. The number of carbonyl (C=O) groups is 2. The van der Waals surface area contributed by atoms with Gasteiger partial charge < -0.3 is 9.84 Å². The summed E-state index contributed by atoms with van der Waals surface area (Å²) in [5, 5.41) is 9.31. The molecule has 8 atom stereocenters. The highest BCUT2D eigenvalue weighted by Gasteiger charge is 2.59. The Bertz CT molecular complexity index is 712. The van der Waals surface area contributed by atoms with E-state index < -0.39 is 5.97 Å². The summed E-state index contributed by atoms with van der Waals surface area (Å²) in [6.07, 6.45) is 12.0. The summed E-state index contributed by atoms with van der Waals surface area (Å²) in [5.74, 6) is 2.19. The maximum absolute atomic E-state index is 11.4. The smallest absolute Gasteiger partial charge is 0.303 e. The molecule has 4 unspecified atom stereocenters. The molecule has 0 bridgehead atoms. The third-order valence-corrected chi connectivity index (χ3v) is 9.65. The number of carboxylic acids is 1. The quantitative estimate of drug-likeness (QED) is 0.490. The maximum Gasteiger partial charge on any atom is 0.303 e. The van der Waals surface area contributed by atoms with E-state index in [9.17, 15) is 14.7 Å². The van der Waals surface area contributed by atoms with E-state index in [2.05, 4.69) is 26.8 Å². The summed E-state index contributed by atoms with van der Waals surface area (Å²) < 4.78 is 5.55. The molecule has 0 heterocycles. The van der Waals surface area contributed by atoms with Crippen LogP contribution >= 0.6 is 0 Å². The average Bonchev–Trinajstić information content (AvgIpc) is 2.98. The summed E-state index contributed by atoms with van der Waals surface area (Å²) in [6, 6.07) is 0. The predicted octanol–water partition coefficient (Wildman–Crippen LogP) is 5.61. The Hall–Kier alpha value is -1.32. The molecule has 4 aliphatic rings. The van der Waals surface area contributed by atoms with Crippen LogP contribution in [0.5, 0.6) is 0 Å². The van der Waals surface area contributed by atoms with E-state index in [0.717, 1.165) is 43.4 Å². The lowest BCUT2D eigenvalue weighted by molar-refractivity contribution is -0.149. The third kappa shape index (κ3) is 3.45. The molecule has 3 fully saturated rings. The molecule has 1 N–H and O–H groups in total. The Morgan fingerprint density at radius 2 is 1.93 bits per heavy atom. The van der Waals surface area contributed by atoms with Gasteiger partial charge in [0.25, 0.3) is 0 Å². The van der Waals surface area contributed by atoms with Gasteiger partial charge in [-0.2, -0.15) is 0 Å². The van der Waals surface area contributed by atoms with E-state index in [-0.39, 0.29) is 23.4 Å². The van der Waals surface area contributed by atoms with Crippen molar-refractivity contribution in [3.63, 3.8) is 0 Å². The van der Waals surface area contributed by atoms with Crippen molar-refractivity contribution in [2.75, 3.05) is 0 Å². The largest absolute Gasteiger partial charge is 0.481 e. The van der Waals surface area contributed by atoms with Gasteiger partial charge >= 0.3 is 11.9 Å². The average molecular weight is 403 g/mol. The monoisotopic (exact) mass is 402 g/mol. The fourth-order valence-electron chi connectivity index (χ4n) is 8.36. The SMILES string of the molecule is CC(=O)OC1CC[C@@]2(C)C(=CCC3C2CC[C@@]2(C)C3CC[C@@H]2[C@H](C)CC(=O)O)C1. The first kappa shape index (κ1) is 20.9. The highest BCUT2D eigenvalue weighted by Crippen LogP contribution is 2.67. The fraction of sp³-hybridized carbons (Fsp3) is 0.840. The van der Waals surface area contributed by atoms with Gasteiger partial charge in [-0.3, -0.25) is 9.59 Å². The van der Waals surface area contributed by atoms with E-state index in [1.54, 1.807) is 0 Å². The van der Waals surface area contributed by atoms with Crippen molar-refractivity contribution >= 4 is 11.9 Å². The lowest BCUT2D eigenvalue weighted by Crippen LogP contribution is -2.51. The van der Waals surface area contributed by atoms with Crippen LogP contribution in [-0.4, -0.2) is 23.1 Å². The number of hydrogen-bond donors (Lipinski definition) is 1. The minimum Gasteiger partial charge on any atom is -0.481 e. The van der Waals surface area contributed by atoms with Gasteiger partial charge in [0.2, 0.25) is 0 Å². The molecule has 0 aromatic rings. The molecule has 162 valence electrons. The van der Waals surface area contributed by atoms with Gasteiger partial charge in [0, 0.05) is 19.8 Å². The van der Waals surface area contributed by atoms with E-state index in [4.69, 9.17) is 4.74 Å². The van der Waals surface area contributed by atoms with Gasteiger partial charge in [-0.15, -0.1) is 0 Å². The first-order chi connectivity index (χ1) is 13.6. The number of hydrogen-bond acceptors (Lipinski definition) is 3. The van der Waals surface area contributed by atoms with E-state index in [1.165, 1.54) is 38.2 Å². The number of carboxylic acid groups (broad SMARTS) is 1. The highest BCUT2D eigenvalue weighted by atomic mass is 16.5. The predicted molar refractivity (Wildman–Crippen MR) is 112 cm³/mol. The summed E-state index contributed by atoms with van der Waals surface area (Å²) in [4.78, 5) is 22.7. The number of ether oxygens (including phenoxy) is 1. The van der Waals surface area contributed by atoms with E-state index in [0.29, 0.717) is 17.8 Å². The van der Waals surface area contributed by atoms with Crippen LogP contribution in [-0.2, 0) is 14.3 Å². The minimum atomic E-state index is -0.652. The first-order valence-corrected chi connectivity index (χ1v) is 11.7. The number of allylic oxidation sites excluding steroid dienone is 1. The molecule has 29 heavy (non-hydrogen) atoms. The standard InChI is InChI=1S/C25H38O4/c1-15(13-23(27)28)20-7-8-21-19-6-5-17-14-18(29-16(2)26)9-11-24(17,3)22(19)10-12-25(20,21)4/h5,15,18-22H,6-14H2,1-4H3,(H,27,28)/t15-,18?,19?,20-,21?,22?,24+,25-/m1/s1. The Morgan fingerprint density at radius 3 is 2.62 bits per heavy atom. The molecule has 4 rings (SSSR count). The van der Waals surface area contributed by atoms with Gasteiger partial charge in [-0.1, -0.05) is 32.4 Å². The zero-order valence-electron chi connectivity index (χ0n) is 18.6. The molecule has 0 aromatic heterocycles. The van der Waals surface area contributed by atoms with Crippen molar-refractivity contribution in [2.24, 2.45) is 40.4 Å². The number of carbonyl (C=O) groups excluding carboxylic acids is 1. The lowest BCUT2D eigenvalue weighted by Gasteiger charge is -2.58. The fourth-order valence-corrected chi connectivity index (χ4v) is 8.36. The highest BCUT2D eigenvalue weighted by molar-refractivity contribution is 5.67. The summed E-state index contributed by atoms with van der Waals surface area (Å²) in [6.45, 7) is 8.63. The van der Waals surface area contributed by atoms with Gasteiger partial charge in [-0.05, 0) is 85.4 Å². The number of esters is 1. The molecule has 0 radical (unpaired) electrons. The van der Waals surface area contributed by atoms with Crippen LogP contribution in [0.2, 0.25) is 0 Å². The van der Waals surface area contributed by atoms with Gasteiger partial charge in [0.1, 0.15) is 6.10 Å². The van der Waals surface area contributed by atoms with Crippen LogP contribution in [0.4, 0.5) is 0 Å². The topological polar surface area (TPSA) is 63.6 Å². The Kier molecular flexibility index (Phi) is 5.36. The van der Waals surface area contributed by atoms with Gasteiger partial charge in [0.05, 0.1) is 0 Å². The van der Waals surface area contributed by atoms with Crippen LogP contribution in [0.3, 0.4) is 0 Å². The number of rotatable bonds is 4. The zero-order valence-corrected chi connectivity index (χ0v) is 18.6. The Morgan fingerprint density at radius 1 is 1.17 bits per heavy atom. The molecule has 0 saturated heterocycles. The first-order valence-electron chi connectivity index (χ1n) is 11.7. The van der Waals surface area contributed by atoms with E-state index >= 15 is 0 Å². The number of aliphatic carboxylic acids is 1. The molecule has 0 aliphatic heterocycles. The van der Waals surface area contributed by atoms with Crippen LogP contribution in [0.1, 0.15) is 85.5 Å². The molecular formula is C25H38O4. The maximum atomic E-state index is 11.4. The van der Waals surface area contributed by atoms with Crippen molar-refractivity contribution < 1.29 is 19.4 Å². The summed E-state index contributed by atoms with van der Waals surface area (Å²) in [7, 11) is 0. The second-order valence-electron chi connectivity index (χ2n) is 11.0. The van der Waals surface area contributed by atoms with Crippen LogP contribution in [0.15, 0.2) is 11.6 Å². The lowest BCUT2D eigenvalue weighted by atomic mass is 9.47. The Balaban J connectivity index is 1.54. The van der Waals surface area contributed by atoms with E-state index in [1.807, 2.05) is 0 Å². The van der Waals surface area contributed by atoms with Gasteiger partial charge in [-0.25, -0.2) is 0 Å². The third-order valence-electron chi connectivity index (χ3n) is 9.65. The molecule has 0 aromatic carbocycles. The van der Waals surface area contributed by atoms with Crippen molar-refractivity contribution in [3.05, 3.63) is 11.6 Å². The second kappa shape index (κ2) is 7.42. The summed E-state index contributed by atoms with van der Waals surface area (Å²) in [5.41, 5.74) is 2.09. The molecule has 4 nitrogen and oxygen atoms in total. The normalized spacial score (nSPS) is 44.7. The van der Waals surface area contributed by atoms with Crippen molar-refractivity contribution in [3.8, 4) is 0 Å². The molecule has 4 heteroatoms. The zero-order chi connectivity index (χ0) is 21.0. The number of fused-ring (bicyclic) bond motifs is 5. The molecule has 4 aliphatic carbocycles. The van der Waals surface area contributed by atoms with Crippen molar-refractivity contribution in [1.82, 2.24) is 0 Å². The van der Waals surface area contributed by atoms with Crippen LogP contribution in [0, 0.1) is 40.4 Å². The van der Waals surface area contributed by atoms with Crippen LogP contribution < -0.4 is 0 Å². The minimum absolute atomic E-state index is 0.0601. The van der Waals surface area contributed by atoms with Crippen molar-refractivity contribution in [2.45, 2.75) is 91.6 Å². The Labute approximate surface area is 175 Å².